The van der Waals surface area contributed by atoms with Gasteiger partial charge >= 0.3 is 12.1 Å². The van der Waals surface area contributed by atoms with Gasteiger partial charge in [-0.3, -0.25) is 4.79 Å². The Morgan fingerprint density at radius 2 is 1.77 bits per heavy atom. The number of ether oxygens (including phenoxy) is 1. The first-order valence-corrected chi connectivity index (χ1v) is 8.06. The third-order valence-corrected chi connectivity index (χ3v) is 3.79. The summed E-state index contributed by atoms with van der Waals surface area (Å²) in [4.78, 5) is 24.8. The van der Waals surface area contributed by atoms with Crippen LogP contribution in [0.2, 0.25) is 0 Å². The van der Waals surface area contributed by atoms with Crippen molar-refractivity contribution in [2.24, 2.45) is 0 Å². The number of carboxylic acid groups (broad SMARTS) is 1. The molecular weight excluding hydrogens is 284 g/mol. The molecule has 0 aliphatic heterocycles. The van der Waals surface area contributed by atoms with Gasteiger partial charge < -0.3 is 20.1 Å². The Balaban J connectivity index is 2.57. The van der Waals surface area contributed by atoms with E-state index >= 15 is 0 Å². The standard InChI is InChI=1S/C16H30N2O4/c1-11(2)18(15(21)22-16(3,4)5)13-8-6-12(7-9-13)17-10-14(19)20/h11-13,17H,6-10H2,1-5H3,(H,19,20). The van der Waals surface area contributed by atoms with E-state index in [9.17, 15) is 9.59 Å². The molecule has 1 saturated carbocycles. The SMILES string of the molecule is CC(C)N(C(=O)OC(C)(C)C)C1CCC(NCC(=O)O)CC1. The van der Waals surface area contributed by atoms with Crippen molar-refractivity contribution in [3.05, 3.63) is 0 Å². The van der Waals surface area contributed by atoms with Gasteiger partial charge in [0.15, 0.2) is 0 Å². The van der Waals surface area contributed by atoms with Crippen molar-refractivity contribution < 1.29 is 19.4 Å². The van der Waals surface area contributed by atoms with Crippen molar-refractivity contribution in [2.75, 3.05) is 6.54 Å². The van der Waals surface area contributed by atoms with E-state index in [0.717, 1.165) is 25.7 Å². The van der Waals surface area contributed by atoms with E-state index in [0.29, 0.717) is 0 Å². The third-order valence-electron chi connectivity index (χ3n) is 3.79. The smallest absolute Gasteiger partial charge is 0.410 e. The fourth-order valence-corrected chi connectivity index (χ4v) is 2.89. The maximum Gasteiger partial charge on any atom is 0.410 e. The van der Waals surface area contributed by atoms with Gasteiger partial charge in [0.05, 0.1) is 6.54 Å². The van der Waals surface area contributed by atoms with Gasteiger partial charge in [0.25, 0.3) is 0 Å². The minimum atomic E-state index is -0.834. The van der Waals surface area contributed by atoms with Gasteiger partial charge in [-0.2, -0.15) is 0 Å². The summed E-state index contributed by atoms with van der Waals surface area (Å²) in [5.74, 6) is -0.834. The molecular formula is C16H30N2O4. The molecule has 22 heavy (non-hydrogen) atoms. The Labute approximate surface area is 133 Å². The Bertz CT molecular complexity index is 382. The lowest BCUT2D eigenvalue weighted by molar-refractivity contribution is -0.136. The molecule has 1 fully saturated rings. The van der Waals surface area contributed by atoms with Crippen LogP contribution in [0.3, 0.4) is 0 Å². The molecule has 0 atom stereocenters. The summed E-state index contributed by atoms with van der Waals surface area (Å²) in [6.07, 6.45) is 3.24. The lowest BCUT2D eigenvalue weighted by atomic mass is 9.89. The first-order valence-electron chi connectivity index (χ1n) is 8.06. The fraction of sp³-hybridized carbons (Fsp3) is 0.875. The highest BCUT2D eigenvalue weighted by Gasteiger charge is 2.33. The Morgan fingerprint density at radius 3 is 2.18 bits per heavy atom. The lowest BCUT2D eigenvalue weighted by Crippen LogP contribution is -2.50. The zero-order chi connectivity index (χ0) is 16.9. The topological polar surface area (TPSA) is 78.9 Å². The number of nitrogens with one attached hydrogen (secondary N) is 1. The molecule has 0 bridgehead atoms. The van der Waals surface area contributed by atoms with Gasteiger partial charge in [-0.25, -0.2) is 4.79 Å². The molecule has 0 aromatic heterocycles. The molecule has 0 saturated heterocycles. The number of hydrogen-bond donors (Lipinski definition) is 2. The lowest BCUT2D eigenvalue weighted by Gasteiger charge is -2.40. The van der Waals surface area contributed by atoms with Crippen molar-refractivity contribution in [1.82, 2.24) is 10.2 Å². The average Bonchev–Trinajstić information content (AvgIpc) is 2.35. The summed E-state index contributed by atoms with van der Waals surface area (Å²) in [5, 5.41) is 11.7. The highest BCUT2D eigenvalue weighted by molar-refractivity contribution is 5.69. The second-order valence-corrected chi connectivity index (χ2v) is 7.26. The largest absolute Gasteiger partial charge is 0.480 e. The van der Waals surface area contributed by atoms with E-state index in [1.54, 1.807) is 0 Å². The van der Waals surface area contributed by atoms with E-state index in [1.165, 1.54) is 0 Å². The zero-order valence-corrected chi connectivity index (χ0v) is 14.4. The van der Waals surface area contributed by atoms with Crippen LogP contribution in [0.25, 0.3) is 0 Å². The maximum absolute atomic E-state index is 12.4. The quantitative estimate of drug-likeness (QED) is 0.815. The molecule has 0 heterocycles. The van der Waals surface area contributed by atoms with Crippen molar-refractivity contribution >= 4 is 12.1 Å². The van der Waals surface area contributed by atoms with Crippen LogP contribution in [0.15, 0.2) is 0 Å². The summed E-state index contributed by atoms with van der Waals surface area (Å²) in [5.41, 5.74) is -0.496. The summed E-state index contributed by atoms with van der Waals surface area (Å²) < 4.78 is 5.51. The molecule has 1 aliphatic carbocycles. The van der Waals surface area contributed by atoms with Crippen LogP contribution >= 0.6 is 0 Å². The molecule has 0 spiro atoms. The number of carbonyl (C=O) groups is 2. The summed E-state index contributed by atoms with van der Waals surface area (Å²) in [6, 6.07) is 0.473. The molecule has 0 aromatic rings. The molecule has 6 nitrogen and oxygen atoms in total. The van der Waals surface area contributed by atoms with Crippen LogP contribution in [0.5, 0.6) is 0 Å². The van der Waals surface area contributed by atoms with Gasteiger partial charge in [0, 0.05) is 18.1 Å². The van der Waals surface area contributed by atoms with Gasteiger partial charge in [-0.15, -0.1) is 0 Å². The van der Waals surface area contributed by atoms with Crippen LogP contribution < -0.4 is 5.32 Å². The number of aliphatic carboxylic acids is 1. The van der Waals surface area contributed by atoms with Gasteiger partial charge in [0.1, 0.15) is 5.60 Å². The molecule has 1 rings (SSSR count). The molecule has 1 aliphatic rings. The summed E-state index contributed by atoms with van der Waals surface area (Å²) in [6.45, 7) is 9.61. The second-order valence-electron chi connectivity index (χ2n) is 7.26. The van der Waals surface area contributed by atoms with E-state index < -0.39 is 11.6 Å². The molecule has 6 heteroatoms. The molecule has 128 valence electrons. The number of amides is 1. The zero-order valence-electron chi connectivity index (χ0n) is 14.4. The first-order chi connectivity index (χ1) is 10.1. The van der Waals surface area contributed by atoms with Gasteiger partial charge in [-0.1, -0.05) is 0 Å². The van der Waals surface area contributed by atoms with Gasteiger partial charge in [0.2, 0.25) is 0 Å². The summed E-state index contributed by atoms with van der Waals surface area (Å²) >= 11 is 0. The second kappa shape index (κ2) is 7.81. The van der Waals surface area contributed by atoms with E-state index in [2.05, 4.69) is 5.32 Å². The highest BCUT2D eigenvalue weighted by Crippen LogP contribution is 2.26. The Morgan fingerprint density at radius 1 is 1.23 bits per heavy atom. The number of carbonyl (C=O) groups excluding carboxylic acids is 1. The van der Waals surface area contributed by atoms with Crippen molar-refractivity contribution in [3.63, 3.8) is 0 Å². The van der Waals surface area contributed by atoms with E-state index in [4.69, 9.17) is 9.84 Å². The molecule has 0 unspecified atom stereocenters. The van der Waals surface area contributed by atoms with Gasteiger partial charge in [-0.05, 0) is 60.3 Å². The van der Waals surface area contributed by atoms with Crippen LogP contribution in [-0.4, -0.2) is 52.3 Å². The number of hydrogen-bond acceptors (Lipinski definition) is 4. The maximum atomic E-state index is 12.4. The van der Waals surface area contributed by atoms with Crippen LogP contribution in [0, 0.1) is 0 Å². The first kappa shape index (κ1) is 18.7. The number of nitrogens with zero attached hydrogens (tertiary/aromatic N) is 1. The molecule has 1 amide bonds. The minimum absolute atomic E-state index is 0.00467. The van der Waals surface area contributed by atoms with Crippen LogP contribution in [0.4, 0.5) is 4.79 Å². The average molecular weight is 314 g/mol. The van der Waals surface area contributed by atoms with Crippen LogP contribution in [0.1, 0.15) is 60.3 Å². The summed E-state index contributed by atoms with van der Waals surface area (Å²) in [7, 11) is 0. The van der Waals surface area contributed by atoms with E-state index in [-0.39, 0.29) is 30.8 Å². The fourth-order valence-electron chi connectivity index (χ4n) is 2.89. The number of carboxylic acids is 1. The third kappa shape index (κ3) is 6.22. The predicted octanol–water partition coefficient (Wildman–Crippen LogP) is 2.62. The number of rotatable bonds is 5. The van der Waals surface area contributed by atoms with Crippen molar-refractivity contribution in [3.8, 4) is 0 Å². The van der Waals surface area contributed by atoms with Crippen molar-refractivity contribution in [2.45, 2.75) is 84.0 Å². The monoisotopic (exact) mass is 314 g/mol. The Hall–Kier alpha value is -1.30. The van der Waals surface area contributed by atoms with Crippen LogP contribution in [-0.2, 0) is 9.53 Å². The van der Waals surface area contributed by atoms with E-state index in [1.807, 2.05) is 39.5 Å². The minimum Gasteiger partial charge on any atom is -0.480 e. The molecule has 0 radical (unpaired) electrons. The predicted molar refractivity (Wildman–Crippen MR) is 84.9 cm³/mol. The molecule has 2 N–H and O–H groups in total. The normalized spacial score (nSPS) is 22.5. The Kier molecular flexibility index (Phi) is 6.66. The molecule has 0 aromatic carbocycles. The highest BCUT2D eigenvalue weighted by atomic mass is 16.6. The van der Waals surface area contributed by atoms with Crippen molar-refractivity contribution in [1.29, 1.82) is 0 Å².